The Morgan fingerprint density at radius 2 is 2.05 bits per heavy atom. The number of aromatic nitrogens is 1. The normalized spacial score (nSPS) is 16.7. The second-order valence-electron chi connectivity index (χ2n) is 4.93. The fourth-order valence-corrected chi connectivity index (χ4v) is 4.20. The summed E-state index contributed by atoms with van der Waals surface area (Å²) in [6.45, 7) is 1.04. The Kier molecular flexibility index (Phi) is 4.28. The fourth-order valence-electron chi connectivity index (χ4n) is 2.50. The Morgan fingerprint density at radius 1 is 1.21 bits per heavy atom. The molecular formula is C15H17BrN2S. The molecule has 0 amide bonds. The number of nitrogens with one attached hydrogen (secondary N) is 1. The number of thioether (sulfide) groups is 1. The molecule has 1 aliphatic heterocycles. The molecular weight excluding hydrogens is 320 g/mol. The Hall–Kier alpha value is -0.740. The van der Waals surface area contributed by atoms with Crippen LogP contribution in [0.15, 0.2) is 34.9 Å². The maximum Gasteiger partial charge on any atom is 0.133 e. The van der Waals surface area contributed by atoms with Gasteiger partial charge in [-0.2, -0.15) is 11.8 Å². The monoisotopic (exact) mass is 336 g/mol. The molecule has 0 atom stereocenters. The number of fused-ring (bicyclic) bond motifs is 1. The van der Waals surface area contributed by atoms with Crippen LogP contribution in [0.25, 0.3) is 10.8 Å². The summed E-state index contributed by atoms with van der Waals surface area (Å²) in [7, 11) is 0. The molecule has 3 rings (SSSR count). The van der Waals surface area contributed by atoms with Gasteiger partial charge in [-0.15, -0.1) is 0 Å². The summed E-state index contributed by atoms with van der Waals surface area (Å²) in [5.74, 6) is 4.42. The third-order valence-corrected chi connectivity index (χ3v) is 5.39. The Labute approximate surface area is 126 Å². The second-order valence-corrected chi connectivity index (χ2v) is 7.01. The van der Waals surface area contributed by atoms with Crippen LogP contribution < -0.4 is 5.32 Å². The molecule has 4 heteroatoms. The van der Waals surface area contributed by atoms with Crippen LogP contribution in [0.5, 0.6) is 0 Å². The number of hydrogen-bond donors (Lipinski definition) is 1. The SMILES string of the molecule is Brc1cccc2c(NCC3CCSCC3)nccc12. The lowest BCUT2D eigenvalue weighted by Crippen LogP contribution is -2.19. The van der Waals surface area contributed by atoms with Crippen LogP contribution in [0.3, 0.4) is 0 Å². The zero-order valence-corrected chi connectivity index (χ0v) is 13.1. The van der Waals surface area contributed by atoms with Crippen LogP contribution in [0.4, 0.5) is 5.82 Å². The van der Waals surface area contributed by atoms with Crippen LogP contribution >= 0.6 is 27.7 Å². The van der Waals surface area contributed by atoms with Gasteiger partial charge < -0.3 is 5.32 Å². The number of halogens is 1. The number of pyridine rings is 1. The topological polar surface area (TPSA) is 24.9 Å². The quantitative estimate of drug-likeness (QED) is 0.889. The third-order valence-electron chi connectivity index (χ3n) is 3.65. The van der Waals surface area contributed by atoms with Crippen molar-refractivity contribution in [1.82, 2.24) is 4.98 Å². The summed E-state index contributed by atoms with van der Waals surface area (Å²) < 4.78 is 1.13. The van der Waals surface area contributed by atoms with Gasteiger partial charge in [0.05, 0.1) is 0 Å². The van der Waals surface area contributed by atoms with Gasteiger partial charge in [-0.05, 0) is 42.4 Å². The smallest absolute Gasteiger partial charge is 0.133 e. The van der Waals surface area contributed by atoms with Gasteiger partial charge >= 0.3 is 0 Å². The van der Waals surface area contributed by atoms with E-state index >= 15 is 0 Å². The Morgan fingerprint density at radius 3 is 2.89 bits per heavy atom. The molecule has 1 N–H and O–H groups in total. The molecule has 1 aliphatic rings. The van der Waals surface area contributed by atoms with Crippen molar-refractivity contribution in [1.29, 1.82) is 0 Å². The van der Waals surface area contributed by atoms with Crippen LogP contribution in [0.1, 0.15) is 12.8 Å². The molecule has 100 valence electrons. The molecule has 0 bridgehead atoms. The first kappa shape index (κ1) is 13.3. The summed E-state index contributed by atoms with van der Waals surface area (Å²) in [4.78, 5) is 4.50. The largest absolute Gasteiger partial charge is 0.369 e. The molecule has 0 saturated carbocycles. The van der Waals surface area contributed by atoms with Gasteiger partial charge in [-0.25, -0.2) is 4.98 Å². The van der Waals surface area contributed by atoms with Gasteiger partial charge in [-0.1, -0.05) is 28.1 Å². The first-order valence-electron chi connectivity index (χ1n) is 6.69. The molecule has 1 saturated heterocycles. The molecule has 0 spiro atoms. The average molecular weight is 337 g/mol. The highest BCUT2D eigenvalue weighted by Crippen LogP contribution is 2.28. The van der Waals surface area contributed by atoms with Gasteiger partial charge in [0, 0.05) is 28.0 Å². The lowest BCUT2D eigenvalue weighted by molar-refractivity contribution is 0.516. The predicted octanol–water partition coefficient (Wildman–Crippen LogP) is 4.55. The highest BCUT2D eigenvalue weighted by molar-refractivity contribution is 9.10. The first-order valence-corrected chi connectivity index (χ1v) is 8.64. The van der Waals surface area contributed by atoms with E-state index in [0.29, 0.717) is 0 Å². The van der Waals surface area contributed by atoms with Crippen LogP contribution in [0, 0.1) is 5.92 Å². The van der Waals surface area contributed by atoms with Crippen molar-refractivity contribution in [3.63, 3.8) is 0 Å². The predicted molar refractivity (Wildman–Crippen MR) is 88.0 cm³/mol. The van der Waals surface area contributed by atoms with E-state index in [4.69, 9.17) is 0 Å². The van der Waals surface area contributed by atoms with Crippen molar-refractivity contribution in [3.8, 4) is 0 Å². The summed E-state index contributed by atoms with van der Waals surface area (Å²) in [6.07, 6.45) is 4.53. The Bertz CT molecular complexity index is 567. The lowest BCUT2D eigenvalue weighted by Gasteiger charge is -2.22. The van der Waals surface area contributed by atoms with Crippen molar-refractivity contribution < 1.29 is 0 Å². The number of anilines is 1. The second kappa shape index (κ2) is 6.14. The van der Waals surface area contributed by atoms with E-state index in [-0.39, 0.29) is 0 Å². The molecule has 2 nitrogen and oxygen atoms in total. The van der Waals surface area contributed by atoms with E-state index in [0.717, 1.165) is 22.8 Å². The summed E-state index contributed by atoms with van der Waals surface area (Å²) in [6, 6.07) is 8.33. The fraction of sp³-hybridized carbons (Fsp3) is 0.400. The number of hydrogen-bond acceptors (Lipinski definition) is 3. The lowest BCUT2D eigenvalue weighted by atomic mass is 10.0. The minimum atomic E-state index is 0.797. The minimum absolute atomic E-state index is 0.797. The summed E-state index contributed by atoms with van der Waals surface area (Å²) >= 11 is 5.68. The van der Waals surface area contributed by atoms with Crippen molar-refractivity contribution in [2.75, 3.05) is 23.4 Å². The van der Waals surface area contributed by atoms with E-state index < -0.39 is 0 Å². The molecule has 2 aromatic rings. The minimum Gasteiger partial charge on any atom is -0.369 e. The molecule has 1 fully saturated rings. The summed E-state index contributed by atoms with van der Waals surface area (Å²) in [5, 5.41) is 5.96. The number of benzene rings is 1. The average Bonchev–Trinajstić information content (AvgIpc) is 2.47. The van der Waals surface area contributed by atoms with Crippen LogP contribution in [-0.2, 0) is 0 Å². The van der Waals surface area contributed by atoms with Gasteiger partial charge in [0.2, 0.25) is 0 Å². The van der Waals surface area contributed by atoms with E-state index in [1.807, 2.05) is 6.20 Å². The zero-order valence-electron chi connectivity index (χ0n) is 10.7. The zero-order chi connectivity index (χ0) is 13.1. The van der Waals surface area contributed by atoms with Crippen LogP contribution in [-0.4, -0.2) is 23.0 Å². The molecule has 1 aromatic heterocycles. The van der Waals surface area contributed by atoms with E-state index in [1.165, 1.54) is 35.1 Å². The van der Waals surface area contributed by atoms with E-state index in [2.05, 4.69) is 62.3 Å². The highest BCUT2D eigenvalue weighted by Gasteiger charge is 2.14. The first-order chi connectivity index (χ1) is 9.34. The summed E-state index contributed by atoms with van der Waals surface area (Å²) in [5.41, 5.74) is 0. The third kappa shape index (κ3) is 3.06. The van der Waals surface area contributed by atoms with E-state index in [1.54, 1.807) is 0 Å². The molecule has 0 radical (unpaired) electrons. The van der Waals surface area contributed by atoms with Crippen molar-refractivity contribution >= 4 is 44.3 Å². The molecule has 19 heavy (non-hydrogen) atoms. The van der Waals surface area contributed by atoms with Gasteiger partial charge in [0.1, 0.15) is 5.82 Å². The number of nitrogens with zero attached hydrogens (tertiary/aromatic N) is 1. The van der Waals surface area contributed by atoms with Crippen molar-refractivity contribution in [2.24, 2.45) is 5.92 Å². The van der Waals surface area contributed by atoms with Gasteiger partial charge in [0.25, 0.3) is 0 Å². The molecule has 0 aliphatic carbocycles. The standard InChI is InChI=1S/C15H17BrN2S/c16-14-3-1-2-13-12(14)4-7-17-15(13)18-10-11-5-8-19-9-6-11/h1-4,7,11H,5-6,8-10H2,(H,17,18). The van der Waals surface area contributed by atoms with Gasteiger partial charge in [-0.3, -0.25) is 0 Å². The van der Waals surface area contributed by atoms with E-state index in [9.17, 15) is 0 Å². The molecule has 0 unspecified atom stereocenters. The Balaban J connectivity index is 1.79. The van der Waals surface area contributed by atoms with Gasteiger partial charge in [0.15, 0.2) is 0 Å². The highest BCUT2D eigenvalue weighted by atomic mass is 79.9. The molecule has 1 aromatic carbocycles. The van der Waals surface area contributed by atoms with Crippen molar-refractivity contribution in [3.05, 3.63) is 34.9 Å². The van der Waals surface area contributed by atoms with Crippen molar-refractivity contribution in [2.45, 2.75) is 12.8 Å². The molecule has 2 heterocycles. The van der Waals surface area contributed by atoms with Crippen LogP contribution in [0.2, 0.25) is 0 Å². The number of rotatable bonds is 3. The maximum absolute atomic E-state index is 4.50. The maximum atomic E-state index is 4.50.